The summed E-state index contributed by atoms with van der Waals surface area (Å²) in [5.74, 6) is -2.52. The van der Waals surface area contributed by atoms with Gasteiger partial charge in [-0.25, -0.2) is 13.6 Å². The Kier molecular flexibility index (Phi) is 7.35. The first kappa shape index (κ1) is 21.7. The summed E-state index contributed by atoms with van der Waals surface area (Å²) in [5, 5.41) is 5.42. The van der Waals surface area contributed by atoms with Crippen LogP contribution in [0.5, 0.6) is 0 Å². The van der Waals surface area contributed by atoms with E-state index in [9.17, 15) is 18.4 Å². The summed E-state index contributed by atoms with van der Waals surface area (Å²) < 4.78 is 31.8. The summed E-state index contributed by atoms with van der Waals surface area (Å²) in [6, 6.07) is 11.7. The van der Waals surface area contributed by atoms with E-state index >= 15 is 0 Å². The van der Waals surface area contributed by atoms with Gasteiger partial charge in [-0.3, -0.25) is 4.79 Å². The van der Waals surface area contributed by atoms with Crippen LogP contribution in [0.1, 0.15) is 30.0 Å². The number of urea groups is 1. The van der Waals surface area contributed by atoms with Gasteiger partial charge in [-0.1, -0.05) is 36.4 Å². The van der Waals surface area contributed by atoms with Crippen LogP contribution in [-0.2, 0) is 9.53 Å². The van der Waals surface area contributed by atoms with E-state index in [2.05, 4.69) is 10.6 Å². The standard InChI is InChI=1S/C22H25F2N3O3/c1-15(17-7-8-19(23)20(24)13-17)26-22(29)25-14-18(16-5-3-2-4-6-16)21(28)27-9-11-30-12-10-27/h2-8,13,15,18H,9-12,14H2,1H3,(H2,25,26,29). The zero-order chi connectivity index (χ0) is 21.5. The van der Waals surface area contributed by atoms with Gasteiger partial charge >= 0.3 is 6.03 Å². The van der Waals surface area contributed by atoms with E-state index in [-0.39, 0.29) is 12.5 Å². The smallest absolute Gasteiger partial charge is 0.315 e. The van der Waals surface area contributed by atoms with Crippen LogP contribution in [0.3, 0.4) is 0 Å². The number of carbonyl (C=O) groups excluding carboxylic acids is 2. The minimum Gasteiger partial charge on any atom is -0.378 e. The molecule has 2 aromatic rings. The molecule has 8 heteroatoms. The third-order valence-electron chi connectivity index (χ3n) is 5.08. The normalized spacial score (nSPS) is 15.9. The monoisotopic (exact) mass is 417 g/mol. The fourth-order valence-electron chi connectivity index (χ4n) is 3.34. The summed E-state index contributed by atoms with van der Waals surface area (Å²) in [7, 11) is 0. The first-order valence-electron chi connectivity index (χ1n) is 9.86. The second-order valence-corrected chi connectivity index (χ2v) is 7.15. The summed E-state index contributed by atoms with van der Waals surface area (Å²) >= 11 is 0. The fourth-order valence-corrected chi connectivity index (χ4v) is 3.34. The van der Waals surface area contributed by atoms with Crippen molar-refractivity contribution in [1.29, 1.82) is 0 Å². The van der Waals surface area contributed by atoms with E-state index in [1.807, 2.05) is 30.3 Å². The third-order valence-corrected chi connectivity index (χ3v) is 5.08. The van der Waals surface area contributed by atoms with Gasteiger partial charge in [0.15, 0.2) is 11.6 Å². The molecule has 1 aliphatic heterocycles. The minimum atomic E-state index is -0.971. The number of nitrogens with one attached hydrogen (secondary N) is 2. The fraction of sp³-hybridized carbons (Fsp3) is 0.364. The van der Waals surface area contributed by atoms with Gasteiger partial charge < -0.3 is 20.3 Å². The van der Waals surface area contributed by atoms with Crippen LogP contribution in [0.15, 0.2) is 48.5 Å². The van der Waals surface area contributed by atoms with Crippen molar-refractivity contribution in [2.75, 3.05) is 32.8 Å². The van der Waals surface area contributed by atoms with Crippen molar-refractivity contribution in [3.8, 4) is 0 Å². The molecule has 2 atom stereocenters. The third kappa shape index (κ3) is 5.54. The number of carbonyl (C=O) groups is 2. The van der Waals surface area contributed by atoms with Gasteiger partial charge in [0.1, 0.15) is 0 Å². The Morgan fingerprint density at radius 3 is 2.40 bits per heavy atom. The molecule has 3 amide bonds. The molecular formula is C22H25F2N3O3. The molecule has 2 unspecified atom stereocenters. The topological polar surface area (TPSA) is 70.7 Å². The van der Waals surface area contributed by atoms with Crippen molar-refractivity contribution in [3.63, 3.8) is 0 Å². The molecule has 0 spiro atoms. The lowest BCUT2D eigenvalue weighted by Crippen LogP contribution is -2.46. The van der Waals surface area contributed by atoms with E-state index in [0.29, 0.717) is 31.9 Å². The maximum absolute atomic E-state index is 13.4. The van der Waals surface area contributed by atoms with E-state index in [1.165, 1.54) is 6.07 Å². The molecule has 6 nitrogen and oxygen atoms in total. The predicted molar refractivity (Wildman–Crippen MR) is 108 cm³/mol. The molecule has 2 aromatic carbocycles. The number of hydrogen-bond donors (Lipinski definition) is 2. The molecule has 0 bridgehead atoms. The molecule has 0 aliphatic carbocycles. The Bertz CT molecular complexity index is 873. The Balaban J connectivity index is 1.63. The Morgan fingerprint density at radius 2 is 1.73 bits per heavy atom. The van der Waals surface area contributed by atoms with E-state index in [0.717, 1.165) is 17.7 Å². The largest absolute Gasteiger partial charge is 0.378 e. The van der Waals surface area contributed by atoms with Gasteiger partial charge in [0.2, 0.25) is 5.91 Å². The van der Waals surface area contributed by atoms with Crippen molar-refractivity contribution in [3.05, 3.63) is 71.3 Å². The SMILES string of the molecule is CC(NC(=O)NCC(C(=O)N1CCOCC1)c1ccccc1)c1ccc(F)c(F)c1. The van der Waals surface area contributed by atoms with Crippen molar-refractivity contribution < 1.29 is 23.1 Å². The quantitative estimate of drug-likeness (QED) is 0.759. The molecule has 3 rings (SSSR count). The van der Waals surface area contributed by atoms with Gasteiger partial charge in [0.25, 0.3) is 0 Å². The molecule has 0 saturated carbocycles. The number of hydrogen-bond acceptors (Lipinski definition) is 3. The van der Waals surface area contributed by atoms with Gasteiger partial charge in [-0.15, -0.1) is 0 Å². The molecule has 1 fully saturated rings. The zero-order valence-electron chi connectivity index (χ0n) is 16.7. The number of amides is 3. The lowest BCUT2D eigenvalue weighted by atomic mass is 9.97. The zero-order valence-corrected chi connectivity index (χ0v) is 16.7. The molecule has 1 aliphatic rings. The van der Waals surface area contributed by atoms with Crippen LogP contribution < -0.4 is 10.6 Å². The van der Waals surface area contributed by atoms with Crippen molar-refractivity contribution in [1.82, 2.24) is 15.5 Å². The molecule has 0 radical (unpaired) electrons. The first-order chi connectivity index (χ1) is 14.5. The number of morpholine rings is 1. The summed E-state index contributed by atoms with van der Waals surface area (Å²) in [6.45, 7) is 3.79. The Morgan fingerprint density at radius 1 is 1.03 bits per heavy atom. The summed E-state index contributed by atoms with van der Waals surface area (Å²) in [4.78, 5) is 27.2. The molecular weight excluding hydrogens is 392 g/mol. The van der Waals surface area contributed by atoms with Crippen LogP contribution in [0.25, 0.3) is 0 Å². The van der Waals surface area contributed by atoms with Crippen molar-refractivity contribution in [2.24, 2.45) is 0 Å². The molecule has 0 aromatic heterocycles. The summed E-state index contributed by atoms with van der Waals surface area (Å²) in [6.07, 6.45) is 0. The highest BCUT2D eigenvalue weighted by molar-refractivity contribution is 5.85. The van der Waals surface area contributed by atoms with Crippen molar-refractivity contribution in [2.45, 2.75) is 18.9 Å². The predicted octanol–water partition coefficient (Wildman–Crippen LogP) is 2.97. The van der Waals surface area contributed by atoms with Gasteiger partial charge in [-0.2, -0.15) is 0 Å². The molecule has 160 valence electrons. The number of nitrogens with zero attached hydrogens (tertiary/aromatic N) is 1. The van der Waals surface area contributed by atoms with Gasteiger partial charge in [-0.05, 0) is 30.2 Å². The average molecular weight is 417 g/mol. The second kappa shape index (κ2) is 10.2. The van der Waals surface area contributed by atoms with Crippen molar-refractivity contribution >= 4 is 11.9 Å². The van der Waals surface area contributed by atoms with Gasteiger partial charge in [0, 0.05) is 19.6 Å². The lowest BCUT2D eigenvalue weighted by molar-refractivity contribution is -0.136. The molecule has 1 saturated heterocycles. The second-order valence-electron chi connectivity index (χ2n) is 7.15. The highest BCUT2D eigenvalue weighted by atomic mass is 19.2. The average Bonchev–Trinajstić information content (AvgIpc) is 2.77. The van der Waals surface area contributed by atoms with Gasteiger partial charge in [0.05, 0.1) is 25.2 Å². The highest BCUT2D eigenvalue weighted by Crippen LogP contribution is 2.19. The van der Waals surface area contributed by atoms with Crippen LogP contribution in [-0.4, -0.2) is 49.7 Å². The number of ether oxygens (including phenoxy) is 1. The molecule has 30 heavy (non-hydrogen) atoms. The Labute approximate surface area is 174 Å². The Hall–Kier alpha value is -3.00. The maximum Gasteiger partial charge on any atom is 0.315 e. The number of halogens is 2. The van der Waals surface area contributed by atoms with Crippen LogP contribution >= 0.6 is 0 Å². The number of benzene rings is 2. The highest BCUT2D eigenvalue weighted by Gasteiger charge is 2.27. The lowest BCUT2D eigenvalue weighted by Gasteiger charge is -2.30. The summed E-state index contributed by atoms with van der Waals surface area (Å²) in [5.41, 5.74) is 1.25. The van der Waals surface area contributed by atoms with Crippen LogP contribution in [0.2, 0.25) is 0 Å². The van der Waals surface area contributed by atoms with Crippen LogP contribution in [0, 0.1) is 11.6 Å². The minimum absolute atomic E-state index is 0.0709. The first-order valence-corrected chi connectivity index (χ1v) is 9.86. The number of rotatable bonds is 6. The van der Waals surface area contributed by atoms with E-state index < -0.39 is 29.6 Å². The maximum atomic E-state index is 13.4. The van der Waals surface area contributed by atoms with E-state index in [1.54, 1.807) is 11.8 Å². The van der Waals surface area contributed by atoms with E-state index in [4.69, 9.17) is 4.74 Å². The molecule has 2 N–H and O–H groups in total. The molecule has 1 heterocycles. The van der Waals surface area contributed by atoms with Crippen LogP contribution in [0.4, 0.5) is 13.6 Å².